The number of hydrogen-bond acceptors (Lipinski definition) is 2. The predicted molar refractivity (Wildman–Crippen MR) is 80.8 cm³/mol. The van der Waals surface area contributed by atoms with Crippen LogP contribution in [0.4, 0.5) is 0 Å². The van der Waals surface area contributed by atoms with Crippen LogP contribution in [0.3, 0.4) is 0 Å². The van der Waals surface area contributed by atoms with Gasteiger partial charge in [0, 0.05) is 9.90 Å². The van der Waals surface area contributed by atoms with Crippen molar-refractivity contribution in [1.82, 2.24) is 5.32 Å². The Hall–Kier alpha value is -0.830. The molecule has 1 aromatic heterocycles. The van der Waals surface area contributed by atoms with Crippen LogP contribution in [0.1, 0.15) is 34.5 Å². The van der Waals surface area contributed by atoms with E-state index in [2.05, 4.69) is 49.7 Å². The first kappa shape index (κ1) is 13.6. The molecule has 1 atom stereocenters. The number of halogens is 1. The highest BCUT2D eigenvalue weighted by Gasteiger charge is 2.18. The van der Waals surface area contributed by atoms with E-state index in [4.69, 9.17) is 11.6 Å². The van der Waals surface area contributed by atoms with Crippen LogP contribution in [0.2, 0.25) is 5.02 Å². The smallest absolute Gasteiger partial charge is 0.0602 e. The minimum Gasteiger partial charge on any atom is -0.306 e. The van der Waals surface area contributed by atoms with Crippen molar-refractivity contribution in [1.29, 1.82) is 0 Å². The van der Waals surface area contributed by atoms with Gasteiger partial charge in [-0.15, -0.1) is 11.3 Å². The maximum absolute atomic E-state index is 6.39. The molecule has 0 aliphatic carbocycles. The van der Waals surface area contributed by atoms with E-state index in [1.165, 1.54) is 16.0 Å². The quantitative estimate of drug-likeness (QED) is 0.854. The largest absolute Gasteiger partial charge is 0.306 e. The van der Waals surface area contributed by atoms with Crippen LogP contribution in [-0.2, 0) is 0 Å². The zero-order chi connectivity index (χ0) is 13.1. The van der Waals surface area contributed by atoms with Gasteiger partial charge >= 0.3 is 0 Å². The van der Waals surface area contributed by atoms with Crippen LogP contribution < -0.4 is 5.32 Å². The predicted octanol–water partition coefficient (Wildman–Crippen LogP) is 4.72. The molecule has 0 saturated heterocycles. The number of rotatable bonds is 4. The Kier molecular flexibility index (Phi) is 4.44. The zero-order valence-electron chi connectivity index (χ0n) is 11.0. The fourth-order valence-electron chi connectivity index (χ4n) is 2.15. The Bertz CT molecular complexity index is 533. The maximum Gasteiger partial charge on any atom is 0.0602 e. The second-order valence-electron chi connectivity index (χ2n) is 4.45. The summed E-state index contributed by atoms with van der Waals surface area (Å²) < 4.78 is 0. The first-order valence-electron chi connectivity index (χ1n) is 6.17. The molecule has 1 nitrogen and oxygen atoms in total. The molecule has 1 aromatic carbocycles. The summed E-state index contributed by atoms with van der Waals surface area (Å²) in [6.07, 6.45) is 0. The Morgan fingerprint density at radius 3 is 2.56 bits per heavy atom. The zero-order valence-corrected chi connectivity index (χ0v) is 12.5. The summed E-state index contributed by atoms with van der Waals surface area (Å²) in [5, 5.41) is 6.50. The lowest BCUT2D eigenvalue weighted by Crippen LogP contribution is -2.22. The molecule has 0 aliphatic heterocycles. The van der Waals surface area contributed by atoms with Crippen molar-refractivity contribution >= 4 is 22.9 Å². The number of benzene rings is 1. The fraction of sp³-hybridized carbons (Fsp3) is 0.333. The van der Waals surface area contributed by atoms with Crippen LogP contribution in [0.5, 0.6) is 0 Å². The minimum atomic E-state index is 0.189. The number of thiophene rings is 1. The van der Waals surface area contributed by atoms with Crippen molar-refractivity contribution in [2.45, 2.75) is 26.8 Å². The number of hydrogen-bond donors (Lipinski definition) is 1. The first-order valence-corrected chi connectivity index (χ1v) is 7.42. The highest BCUT2D eigenvalue weighted by molar-refractivity contribution is 7.10. The third-order valence-electron chi connectivity index (χ3n) is 3.09. The van der Waals surface area contributed by atoms with Crippen LogP contribution >= 0.6 is 22.9 Å². The molecule has 1 N–H and O–H groups in total. The molecule has 96 valence electrons. The van der Waals surface area contributed by atoms with Crippen molar-refractivity contribution < 1.29 is 0 Å². The van der Waals surface area contributed by atoms with Gasteiger partial charge in [0.15, 0.2) is 0 Å². The lowest BCUT2D eigenvalue weighted by molar-refractivity contribution is 0.630. The SMILES string of the molecule is CCNC(c1ccc(C)cc1Cl)c1ccsc1C. The molecule has 1 unspecified atom stereocenters. The maximum atomic E-state index is 6.39. The Balaban J connectivity index is 2.45. The molecular weight excluding hydrogens is 262 g/mol. The van der Waals surface area contributed by atoms with Crippen molar-refractivity contribution in [3.63, 3.8) is 0 Å². The Labute approximate surface area is 118 Å². The minimum absolute atomic E-state index is 0.189. The van der Waals surface area contributed by atoms with Gasteiger partial charge in [0.25, 0.3) is 0 Å². The van der Waals surface area contributed by atoms with Gasteiger partial charge in [-0.3, -0.25) is 0 Å². The number of aryl methyl sites for hydroxylation is 2. The average molecular weight is 280 g/mol. The van der Waals surface area contributed by atoms with Crippen molar-refractivity contribution in [2.24, 2.45) is 0 Å². The summed E-state index contributed by atoms with van der Waals surface area (Å²) in [7, 11) is 0. The lowest BCUT2D eigenvalue weighted by Gasteiger charge is -2.20. The highest BCUT2D eigenvalue weighted by Crippen LogP contribution is 2.32. The molecule has 0 spiro atoms. The molecule has 3 heteroatoms. The van der Waals surface area contributed by atoms with Gasteiger partial charge < -0.3 is 5.32 Å². The third kappa shape index (κ3) is 2.77. The molecule has 0 radical (unpaired) electrons. The van der Waals surface area contributed by atoms with Gasteiger partial charge in [-0.2, -0.15) is 0 Å². The molecular formula is C15H18ClNS. The van der Waals surface area contributed by atoms with Crippen molar-refractivity contribution in [3.8, 4) is 0 Å². The second kappa shape index (κ2) is 5.87. The summed E-state index contributed by atoms with van der Waals surface area (Å²) in [4.78, 5) is 1.34. The van der Waals surface area contributed by atoms with E-state index < -0.39 is 0 Å². The van der Waals surface area contributed by atoms with E-state index in [-0.39, 0.29) is 6.04 Å². The molecule has 0 bridgehead atoms. The van der Waals surface area contributed by atoms with Crippen LogP contribution in [0, 0.1) is 13.8 Å². The topological polar surface area (TPSA) is 12.0 Å². The Morgan fingerprint density at radius 2 is 2.00 bits per heavy atom. The Morgan fingerprint density at radius 1 is 1.22 bits per heavy atom. The van der Waals surface area contributed by atoms with Gasteiger partial charge in [-0.05, 0) is 54.6 Å². The van der Waals surface area contributed by atoms with E-state index in [0.717, 1.165) is 17.1 Å². The number of nitrogens with one attached hydrogen (secondary N) is 1. The molecule has 2 rings (SSSR count). The van der Waals surface area contributed by atoms with Crippen LogP contribution in [0.15, 0.2) is 29.6 Å². The molecule has 0 saturated carbocycles. The molecule has 18 heavy (non-hydrogen) atoms. The third-order valence-corrected chi connectivity index (χ3v) is 4.27. The molecule has 0 aliphatic rings. The molecule has 0 fully saturated rings. The fourth-order valence-corrected chi connectivity index (χ4v) is 3.24. The van der Waals surface area contributed by atoms with Gasteiger partial charge in [-0.25, -0.2) is 0 Å². The summed E-state index contributed by atoms with van der Waals surface area (Å²) in [5.41, 5.74) is 3.68. The van der Waals surface area contributed by atoms with Crippen molar-refractivity contribution in [3.05, 3.63) is 56.2 Å². The van der Waals surface area contributed by atoms with Crippen LogP contribution in [0.25, 0.3) is 0 Å². The summed E-state index contributed by atoms with van der Waals surface area (Å²) >= 11 is 8.17. The van der Waals surface area contributed by atoms with Gasteiger partial charge in [0.1, 0.15) is 0 Å². The standard InChI is InChI=1S/C15H18ClNS/c1-4-17-15(12-7-8-18-11(12)3)13-6-5-10(2)9-14(13)16/h5-9,15,17H,4H2,1-3H3. The van der Waals surface area contributed by atoms with Gasteiger partial charge in [0.05, 0.1) is 6.04 Å². The normalized spacial score (nSPS) is 12.7. The summed E-state index contributed by atoms with van der Waals surface area (Å²) in [6.45, 7) is 7.27. The summed E-state index contributed by atoms with van der Waals surface area (Å²) in [6, 6.07) is 8.65. The monoisotopic (exact) mass is 279 g/mol. The second-order valence-corrected chi connectivity index (χ2v) is 5.98. The lowest BCUT2D eigenvalue weighted by atomic mass is 9.98. The van der Waals surface area contributed by atoms with Crippen LogP contribution in [-0.4, -0.2) is 6.54 Å². The average Bonchev–Trinajstić information content (AvgIpc) is 2.73. The van der Waals surface area contributed by atoms with Gasteiger partial charge in [0.2, 0.25) is 0 Å². The highest BCUT2D eigenvalue weighted by atomic mass is 35.5. The van der Waals surface area contributed by atoms with Gasteiger partial charge in [-0.1, -0.05) is 30.7 Å². The molecule has 0 amide bonds. The van der Waals surface area contributed by atoms with E-state index in [9.17, 15) is 0 Å². The van der Waals surface area contributed by atoms with E-state index in [1.807, 2.05) is 6.07 Å². The van der Waals surface area contributed by atoms with E-state index in [0.29, 0.717) is 0 Å². The van der Waals surface area contributed by atoms with E-state index >= 15 is 0 Å². The first-order chi connectivity index (χ1) is 8.63. The summed E-state index contributed by atoms with van der Waals surface area (Å²) in [5.74, 6) is 0. The van der Waals surface area contributed by atoms with Crippen molar-refractivity contribution in [2.75, 3.05) is 6.54 Å². The molecule has 1 heterocycles. The molecule has 2 aromatic rings. The van der Waals surface area contributed by atoms with E-state index in [1.54, 1.807) is 11.3 Å².